The third kappa shape index (κ3) is 2.47. The number of aromatic nitrogens is 2. The molecule has 0 atom stereocenters. The van der Waals surface area contributed by atoms with E-state index in [-0.39, 0.29) is 11.6 Å². The van der Waals surface area contributed by atoms with Crippen LogP contribution in [0.1, 0.15) is 5.56 Å². The summed E-state index contributed by atoms with van der Waals surface area (Å²) in [6.07, 6.45) is 1.41. The van der Waals surface area contributed by atoms with Crippen molar-refractivity contribution in [1.82, 2.24) is 10.2 Å². The number of rotatable bonds is 5. The lowest BCUT2D eigenvalue weighted by molar-refractivity contribution is 0.415. The molecule has 1 aromatic heterocycles. The quantitative estimate of drug-likeness (QED) is 0.846. The van der Waals surface area contributed by atoms with Gasteiger partial charge in [0.2, 0.25) is 0 Å². The number of nitrogens with one attached hydrogen (secondary N) is 1. The lowest BCUT2D eigenvalue weighted by Crippen LogP contribution is -2.28. The van der Waals surface area contributed by atoms with Crippen LogP contribution in [-0.4, -0.2) is 32.8 Å². The van der Waals surface area contributed by atoms with Crippen LogP contribution < -0.4 is 14.8 Å². The second kappa shape index (κ2) is 5.51. The first-order valence-corrected chi connectivity index (χ1v) is 7.30. The number of H-pyrrole nitrogens is 1. The van der Waals surface area contributed by atoms with Crippen LogP contribution in [0.2, 0.25) is 0 Å². The van der Waals surface area contributed by atoms with Crippen LogP contribution in [0.3, 0.4) is 0 Å². The Labute approximate surface area is 117 Å². The number of aromatic amines is 1. The number of nitrogens with zero attached hydrogens (tertiary/aromatic N) is 2. The lowest BCUT2D eigenvalue weighted by atomic mass is 10.3. The van der Waals surface area contributed by atoms with Gasteiger partial charge in [-0.15, -0.1) is 0 Å². The summed E-state index contributed by atoms with van der Waals surface area (Å²) in [6.45, 7) is 0.0987. The Morgan fingerprint density at radius 2 is 2.00 bits per heavy atom. The molecule has 0 spiro atoms. The molecule has 0 unspecified atom stereocenters. The molecule has 108 valence electrons. The van der Waals surface area contributed by atoms with Crippen LogP contribution >= 0.6 is 0 Å². The number of hydrogen-bond acceptors (Lipinski definition) is 5. The highest BCUT2D eigenvalue weighted by Crippen LogP contribution is 2.24. The maximum absolute atomic E-state index is 12.5. The topological polar surface area (TPSA) is 101 Å². The average Bonchev–Trinajstić information content (AvgIpc) is 2.95. The number of anilines is 1. The van der Waals surface area contributed by atoms with Crippen molar-refractivity contribution in [2.75, 3.05) is 18.5 Å². The maximum Gasteiger partial charge on any atom is 0.281 e. The summed E-state index contributed by atoms with van der Waals surface area (Å²) in [7, 11) is -0.697. The predicted octanol–water partition coefficient (Wildman–Crippen LogP) is 0.702. The highest BCUT2D eigenvalue weighted by molar-refractivity contribution is 7.92. The molecule has 2 rings (SSSR count). The molecular formula is C12H16N4O3S. The fourth-order valence-corrected chi connectivity index (χ4v) is 3.04. The molecule has 20 heavy (non-hydrogen) atoms. The number of hydrogen-bond donors (Lipinski definition) is 2. The second-order valence-electron chi connectivity index (χ2n) is 4.10. The summed E-state index contributed by atoms with van der Waals surface area (Å²) < 4.78 is 31.2. The van der Waals surface area contributed by atoms with Crippen LogP contribution in [0.25, 0.3) is 0 Å². The molecule has 0 saturated carbocycles. The number of sulfonamides is 1. The lowest BCUT2D eigenvalue weighted by Gasteiger charge is -2.19. The number of ether oxygens (including phenoxy) is 1. The Morgan fingerprint density at radius 3 is 2.55 bits per heavy atom. The van der Waals surface area contributed by atoms with E-state index in [1.54, 1.807) is 31.4 Å². The highest BCUT2D eigenvalue weighted by atomic mass is 32.2. The molecule has 0 aliphatic rings. The number of methoxy groups -OCH3 is 1. The molecule has 0 saturated heterocycles. The monoisotopic (exact) mass is 296 g/mol. The molecular weight excluding hydrogens is 280 g/mol. The molecule has 0 radical (unpaired) electrons. The average molecular weight is 296 g/mol. The molecule has 1 aromatic carbocycles. The highest BCUT2D eigenvalue weighted by Gasteiger charge is 2.25. The van der Waals surface area contributed by atoms with E-state index in [1.807, 2.05) is 0 Å². The normalized spacial score (nSPS) is 11.3. The van der Waals surface area contributed by atoms with Gasteiger partial charge in [-0.1, -0.05) is 0 Å². The molecule has 2 aromatic rings. The fourth-order valence-electron chi connectivity index (χ4n) is 1.74. The largest absolute Gasteiger partial charge is 0.497 e. The number of nitrogens with two attached hydrogens (primary N) is 1. The van der Waals surface area contributed by atoms with E-state index in [0.717, 1.165) is 0 Å². The van der Waals surface area contributed by atoms with Gasteiger partial charge in [-0.05, 0) is 24.3 Å². The zero-order valence-electron chi connectivity index (χ0n) is 11.2. The van der Waals surface area contributed by atoms with Gasteiger partial charge in [-0.2, -0.15) is 13.5 Å². The van der Waals surface area contributed by atoms with E-state index in [1.165, 1.54) is 17.5 Å². The third-order valence-corrected chi connectivity index (χ3v) is 4.75. The first-order valence-electron chi connectivity index (χ1n) is 5.86. The van der Waals surface area contributed by atoms with Gasteiger partial charge in [0.1, 0.15) is 5.75 Å². The van der Waals surface area contributed by atoms with Crippen LogP contribution in [0.15, 0.2) is 35.5 Å². The zero-order valence-corrected chi connectivity index (χ0v) is 12.0. The van der Waals surface area contributed by atoms with Crippen molar-refractivity contribution in [3.8, 4) is 5.75 Å². The molecule has 1 heterocycles. The Balaban J connectivity index is 2.38. The van der Waals surface area contributed by atoms with Gasteiger partial charge in [0, 0.05) is 19.2 Å². The molecule has 7 nitrogen and oxygen atoms in total. The molecule has 3 N–H and O–H groups in total. The van der Waals surface area contributed by atoms with Gasteiger partial charge >= 0.3 is 0 Å². The van der Waals surface area contributed by atoms with Crippen LogP contribution in [0.4, 0.5) is 5.69 Å². The molecule has 0 amide bonds. The van der Waals surface area contributed by atoms with E-state index in [4.69, 9.17) is 10.5 Å². The van der Waals surface area contributed by atoms with E-state index < -0.39 is 10.0 Å². The summed E-state index contributed by atoms with van der Waals surface area (Å²) in [5, 5.41) is 6.23. The SMILES string of the molecule is COc1ccc(N(C)S(=O)(=O)c2[nH]ncc2CN)cc1. The minimum Gasteiger partial charge on any atom is -0.497 e. The fraction of sp³-hybridized carbons (Fsp3) is 0.250. The van der Waals surface area contributed by atoms with Crippen molar-refractivity contribution >= 4 is 15.7 Å². The summed E-state index contributed by atoms with van der Waals surface area (Å²) >= 11 is 0. The summed E-state index contributed by atoms with van der Waals surface area (Å²) in [6, 6.07) is 6.71. The van der Waals surface area contributed by atoms with Gasteiger partial charge in [-0.25, -0.2) is 0 Å². The second-order valence-corrected chi connectivity index (χ2v) is 6.01. The van der Waals surface area contributed by atoms with Crippen LogP contribution in [0, 0.1) is 0 Å². The number of benzene rings is 1. The standard InChI is InChI=1S/C12H16N4O3S/c1-16(10-3-5-11(19-2)6-4-10)20(17,18)12-9(7-13)8-14-15-12/h3-6,8H,7,13H2,1-2H3,(H,14,15). The van der Waals surface area contributed by atoms with E-state index in [9.17, 15) is 8.42 Å². The predicted molar refractivity (Wildman–Crippen MR) is 75.1 cm³/mol. The van der Waals surface area contributed by atoms with Crippen molar-refractivity contribution in [3.63, 3.8) is 0 Å². The summed E-state index contributed by atoms with van der Waals surface area (Å²) in [5.41, 5.74) is 6.48. The van der Waals surface area contributed by atoms with E-state index in [2.05, 4.69) is 10.2 Å². The molecule has 0 fully saturated rings. The van der Waals surface area contributed by atoms with Gasteiger partial charge < -0.3 is 10.5 Å². The van der Waals surface area contributed by atoms with Crippen LogP contribution in [0.5, 0.6) is 5.75 Å². The van der Waals surface area contributed by atoms with Gasteiger partial charge in [0.05, 0.1) is 19.0 Å². The van der Waals surface area contributed by atoms with E-state index in [0.29, 0.717) is 17.0 Å². The maximum atomic E-state index is 12.5. The Hall–Kier alpha value is -2.06. The van der Waals surface area contributed by atoms with Gasteiger partial charge in [0.15, 0.2) is 5.03 Å². The smallest absolute Gasteiger partial charge is 0.281 e. The summed E-state index contributed by atoms with van der Waals surface area (Å²) in [4.78, 5) is 0. The van der Waals surface area contributed by atoms with Crippen molar-refractivity contribution in [2.24, 2.45) is 5.73 Å². The Kier molecular flexibility index (Phi) is 3.96. The first kappa shape index (κ1) is 14.4. The minimum atomic E-state index is -3.72. The molecule has 0 bridgehead atoms. The first-order chi connectivity index (χ1) is 9.50. The minimum absolute atomic E-state index is 0.0123. The van der Waals surface area contributed by atoms with Gasteiger partial charge in [-0.3, -0.25) is 9.40 Å². The van der Waals surface area contributed by atoms with E-state index >= 15 is 0 Å². The molecule has 0 aliphatic heterocycles. The van der Waals surface area contributed by atoms with Gasteiger partial charge in [0.25, 0.3) is 10.0 Å². The molecule has 8 heteroatoms. The van der Waals surface area contributed by atoms with Crippen molar-refractivity contribution in [3.05, 3.63) is 36.0 Å². The molecule has 0 aliphatic carbocycles. The van der Waals surface area contributed by atoms with Crippen molar-refractivity contribution in [2.45, 2.75) is 11.6 Å². The Bertz CT molecular complexity index is 679. The Morgan fingerprint density at radius 1 is 1.35 bits per heavy atom. The van der Waals surface area contributed by atoms with Crippen molar-refractivity contribution < 1.29 is 13.2 Å². The summed E-state index contributed by atoms with van der Waals surface area (Å²) in [5.74, 6) is 0.656. The third-order valence-electron chi connectivity index (χ3n) is 2.95. The van der Waals surface area contributed by atoms with Crippen LogP contribution in [-0.2, 0) is 16.6 Å². The zero-order chi connectivity index (χ0) is 14.8. The van der Waals surface area contributed by atoms with Crippen molar-refractivity contribution in [1.29, 1.82) is 0 Å².